The zero-order chi connectivity index (χ0) is 17.1. The Hall–Kier alpha value is -1.90. The van der Waals surface area contributed by atoms with Gasteiger partial charge in [0.15, 0.2) is 0 Å². The van der Waals surface area contributed by atoms with Gasteiger partial charge in [-0.1, -0.05) is 38.8 Å². The van der Waals surface area contributed by atoms with E-state index in [1.165, 1.54) is 52.1 Å². The average Bonchev–Trinajstić information content (AvgIpc) is 3.15. The van der Waals surface area contributed by atoms with Gasteiger partial charge in [0.2, 0.25) is 0 Å². The van der Waals surface area contributed by atoms with Crippen LogP contribution in [0.25, 0.3) is 0 Å². The molecule has 1 aromatic rings. The van der Waals surface area contributed by atoms with E-state index in [-0.39, 0.29) is 17.9 Å². The molecule has 1 atom stereocenters. The Morgan fingerprint density at radius 2 is 1.54 bits per heavy atom. The van der Waals surface area contributed by atoms with E-state index in [1.54, 1.807) is 0 Å². The lowest BCUT2D eigenvalue weighted by molar-refractivity contribution is -0.139. The zero-order valence-corrected chi connectivity index (χ0v) is 14.8. The molecule has 24 heavy (non-hydrogen) atoms. The van der Waals surface area contributed by atoms with Crippen molar-refractivity contribution in [2.75, 3.05) is 0 Å². The van der Waals surface area contributed by atoms with Crippen molar-refractivity contribution >= 4 is 11.8 Å². The topological polar surface area (TPSA) is 37.4 Å². The van der Waals surface area contributed by atoms with Gasteiger partial charge >= 0.3 is 0 Å². The molecule has 0 saturated heterocycles. The normalized spacial score (nSPS) is 19.4. The first kappa shape index (κ1) is 16.9. The van der Waals surface area contributed by atoms with Gasteiger partial charge in [-0.2, -0.15) is 0 Å². The van der Waals surface area contributed by atoms with Crippen molar-refractivity contribution in [3.63, 3.8) is 0 Å². The summed E-state index contributed by atoms with van der Waals surface area (Å²) in [5, 5.41) is 0. The molecule has 0 radical (unpaired) electrons. The molecule has 0 aromatic heterocycles. The van der Waals surface area contributed by atoms with Crippen molar-refractivity contribution in [3.8, 4) is 0 Å². The molecule has 1 aliphatic carbocycles. The summed E-state index contributed by atoms with van der Waals surface area (Å²) < 4.78 is 0. The van der Waals surface area contributed by atoms with Gasteiger partial charge in [-0.25, -0.2) is 0 Å². The van der Waals surface area contributed by atoms with Gasteiger partial charge in [-0.15, -0.1) is 0 Å². The Labute approximate surface area is 144 Å². The molecule has 1 aliphatic heterocycles. The third-order valence-electron chi connectivity index (χ3n) is 5.30. The largest absolute Gasteiger partial charge is 0.269 e. The summed E-state index contributed by atoms with van der Waals surface area (Å²) in [6.07, 6.45) is 11.5. The Balaban J connectivity index is 1.99. The number of carbonyl (C=O) groups excluding carboxylic acids is 2. The van der Waals surface area contributed by atoms with Gasteiger partial charge in [0.25, 0.3) is 11.8 Å². The van der Waals surface area contributed by atoms with Crippen molar-refractivity contribution in [3.05, 3.63) is 46.5 Å². The second-order valence-electron chi connectivity index (χ2n) is 6.92. The molecule has 0 fully saturated rings. The van der Waals surface area contributed by atoms with Crippen molar-refractivity contribution < 1.29 is 9.59 Å². The van der Waals surface area contributed by atoms with E-state index < -0.39 is 0 Å². The number of rotatable bonds is 7. The molecule has 0 spiro atoms. The Kier molecular flexibility index (Phi) is 5.17. The average molecular weight is 325 g/mol. The van der Waals surface area contributed by atoms with Crippen LogP contribution in [0.15, 0.2) is 24.3 Å². The highest BCUT2D eigenvalue weighted by molar-refractivity contribution is 6.13. The predicted molar refractivity (Wildman–Crippen MR) is 95.7 cm³/mol. The monoisotopic (exact) mass is 325 g/mol. The van der Waals surface area contributed by atoms with Crippen LogP contribution >= 0.6 is 0 Å². The minimum absolute atomic E-state index is 0.0663. The first-order chi connectivity index (χ1) is 11.7. The lowest BCUT2D eigenvalue weighted by atomic mass is 9.91. The van der Waals surface area contributed by atoms with Crippen molar-refractivity contribution in [2.45, 2.75) is 71.3 Å². The molecular weight excluding hydrogens is 298 g/mol. The molecule has 0 unspecified atom stereocenters. The third kappa shape index (κ3) is 3.04. The first-order valence-corrected chi connectivity index (χ1v) is 9.36. The Bertz CT molecular complexity index is 657. The number of imide groups is 1. The third-order valence-corrected chi connectivity index (χ3v) is 5.30. The Morgan fingerprint density at radius 3 is 2.17 bits per heavy atom. The molecule has 3 nitrogen and oxygen atoms in total. The van der Waals surface area contributed by atoms with Crippen LogP contribution in [0.1, 0.15) is 74.2 Å². The smallest absolute Gasteiger partial charge is 0.254 e. The summed E-state index contributed by atoms with van der Waals surface area (Å²) >= 11 is 0. The van der Waals surface area contributed by atoms with Crippen molar-refractivity contribution in [1.29, 1.82) is 0 Å². The Morgan fingerprint density at radius 1 is 0.958 bits per heavy atom. The maximum absolute atomic E-state index is 12.2. The summed E-state index contributed by atoms with van der Waals surface area (Å²) in [7, 11) is 0. The standard InChI is InChI=1S/C21H27NO2/c1-3-5-7-15-9-10-16(8-6-4-2)21-17(15)11-12-18(21)22-19(23)13-14-20(22)24/h9-10,13-14,18H,3-8,11-12H2,1-2H3/t18-/m0/s1. The number of unbranched alkanes of at least 4 members (excludes halogenated alkanes) is 2. The number of aryl methyl sites for hydroxylation is 2. The van der Waals surface area contributed by atoms with Crippen LogP contribution in [0.3, 0.4) is 0 Å². The van der Waals surface area contributed by atoms with Crippen LogP contribution in [-0.2, 0) is 28.9 Å². The fourth-order valence-electron chi connectivity index (χ4n) is 4.06. The number of carbonyl (C=O) groups is 2. The van der Waals surface area contributed by atoms with E-state index in [1.807, 2.05) is 0 Å². The SMILES string of the molecule is CCCCc1ccc(CCCC)c2c1CC[C@@H]2N1C(=O)C=CC1=O. The van der Waals surface area contributed by atoms with Crippen molar-refractivity contribution in [1.82, 2.24) is 4.90 Å². The highest BCUT2D eigenvalue weighted by Gasteiger charge is 2.38. The van der Waals surface area contributed by atoms with Gasteiger partial charge in [-0.3, -0.25) is 14.5 Å². The fourth-order valence-corrected chi connectivity index (χ4v) is 4.06. The van der Waals surface area contributed by atoms with E-state index in [0.29, 0.717) is 0 Å². The number of amides is 2. The lowest BCUT2D eigenvalue weighted by Crippen LogP contribution is -2.33. The molecule has 3 heteroatoms. The molecule has 128 valence electrons. The van der Waals surface area contributed by atoms with E-state index in [9.17, 15) is 9.59 Å². The van der Waals surface area contributed by atoms with E-state index in [4.69, 9.17) is 0 Å². The summed E-state index contributed by atoms with van der Waals surface area (Å²) in [5.74, 6) is -0.309. The second kappa shape index (κ2) is 7.33. The van der Waals surface area contributed by atoms with Crippen LogP contribution in [0.2, 0.25) is 0 Å². The minimum atomic E-state index is -0.154. The van der Waals surface area contributed by atoms with Crippen LogP contribution in [0.5, 0.6) is 0 Å². The molecule has 0 saturated carbocycles. The van der Waals surface area contributed by atoms with Gasteiger partial charge in [0.1, 0.15) is 0 Å². The van der Waals surface area contributed by atoms with Gasteiger partial charge in [0, 0.05) is 12.2 Å². The lowest BCUT2D eigenvalue weighted by Gasteiger charge is -2.25. The van der Waals surface area contributed by atoms with Gasteiger partial charge < -0.3 is 0 Å². The predicted octanol–water partition coefficient (Wildman–Crippen LogP) is 4.28. The summed E-state index contributed by atoms with van der Waals surface area (Å²) in [6, 6.07) is 4.47. The maximum atomic E-state index is 12.2. The van der Waals surface area contributed by atoms with Crippen LogP contribution < -0.4 is 0 Å². The quantitative estimate of drug-likeness (QED) is 0.702. The zero-order valence-electron chi connectivity index (χ0n) is 14.8. The number of fused-ring (bicyclic) bond motifs is 1. The minimum Gasteiger partial charge on any atom is -0.269 e. The highest BCUT2D eigenvalue weighted by atomic mass is 16.2. The number of hydrogen-bond donors (Lipinski definition) is 0. The maximum Gasteiger partial charge on any atom is 0.254 e. The second-order valence-corrected chi connectivity index (χ2v) is 6.92. The molecule has 1 aromatic carbocycles. The summed E-state index contributed by atoms with van der Waals surface area (Å²) in [6.45, 7) is 4.41. The fraction of sp³-hybridized carbons (Fsp3) is 0.524. The molecule has 3 rings (SSSR count). The van der Waals surface area contributed by atoms with E-state index in [2.05, 4.69) is 26.0 Å². The molecule has 0 N–H and O–H groups in total. The van der Waals surface area contributed by atoms with Crippen LogP contribution in [0, 0.1) is 0 Å². The molecular formula is C21H27NO2. The molecule has 2 amide bonds. The number of benzene rings is 1. The van der Waals surface area contributed by atoms with E-state index in [0.717, 1.165) is 38.5 Å². The first-order valence-electron chi connectivity index (χ1n) is 9.36. The summed E-state index contributed by atoms with van der Waals surface area (Å²) in [5.41, 5.74) is 5.45. The molecule has 2 aliphatic rings. The van der Waals surface area contributed by atoms with Crippen molar-refractivity contribution in [2.24, 2.45) is 0 Å². The van der Waals surface area contributed by atoms with Crippen LogP contribution in [0.4, 0.5) is 0 Å². The van der Waals surface area contributed by atoms with Crippen LogP contribution in [-0.4, -0.2) is 16.7 Å². The molecule has 1 heterocycles. The molecule has 0 bridgehead atoms. The van der Waals surface area contributed by atoms with Gasteiger partial charge in [0.05, 0.1) is 6.04 Å². The highest BCUT2D eigenvalue weighted by Crippen LogP contribution is 2.41. The van der Waals surface area contributed by atoms with Gasteiger partial charge in [-0.05, 0) is 60.8 Å². The number of hydrogen-bond acceptors (Lipinski definition) is 2. The van der Waals surface area contributed by atoms with E-state index >= 15 is 0 Å². The number of nitrogens with zero attached hydrogens (tertiary/aromatic N) is 1. The summed E-state index contributed by atoms with van der Waals surface area (Å²) in [4.78, 5) is 25.8.